The summed E-state index contributed by atoms with van der Waals surface area (Å²) in [5.74, 6) is 0. The molecule has 0 saturated heterocycles. The van der Waals surface area contributed by atoms with Crippen LogP contribution < -0.4 is 5.32 Å². The SMILES string of the molecule is Cc1nc(CNc2c(Cl)cccc2[N+](=O)[O-])cs1. The number of aryl methyl sites for hydroxylation is 1. The maximum absolute atomic E-state index is 10.9. The van der Waals surface area contributed by atoms with Gasteiger partial charge in [-0.25, -0.2) is 4.98 Å². The summed E-state index contributed by atoms with van der Waals surface area (Å²) < 4.78 is 0. The zero-order valence-corrected chi connectivity index (χ0v) is 11.1. The van der Waals surface area contributed by atoms with Gasteiger partial charge in [0.1, 0.15) is 5.69 Å². The molecule has 7 heteroatoms. The van der Waals surface area contributed by atoms with Crippen molar-refractivity contribution in [2.24, 2.45) is 0 Å². The van der Waals surface area contributed by atoms with Gasteiger partial charge in [0.05, 0.1) is 27.2 Å². The molecule has 0 bridgehead atoms. The molecule has 2 aromatic rings. The van der Waals surface area contributed by atoms with Crippen LogP contribution in [0.25, 0.3) is 0 Å². The molecular weight excluding hydrogens is 274 g/mol. The summed E-state index contributed by atoms with van der Waals surface area (Å²) in [4.78, 5) is 14.7. The molecule has 94 valence electrons. The first-order chi connectivity index (χ1) is 8.58. The van der Waals surface area contributed by atoms with E-state index in [4.69, 9.17) is 11.6 Å². The summed E-state index contributed by atoms with van der Waals surface area (Å²) in [7, 11) is 0. The molecule has 2 rings (SSSR count). The molecule has 0 aliphatic heterocycles. The Kier molecular flexibility index (Phi) is 3.78. The second-order valence-corrected chi connectivity index (χ2v) is 5.07. The van der Waals surface area contributed by atoms with E-state index in [1.807, 2.05) is 12.3 Å². The maximum atomic E-state index is 10.9. The van der Waals surface area contributed by atoms with E-state index in [1.165, 1.54) is 17.4 Å². The molecule has 18 heavy (non-hydrogen) atoms. The fraction of sp³-hybridized carbons (Fsp3) is 0.182. The van der Waals surface area contributed by atoms with Crippen molar-refractivity contribution < 1.29 is 4.92 Å². The van der Waals surface area contributed by atoms with Gasteiger partial charge in [0.15, 0.2) is 0 Å². The number of hydrogen-bond donors (Lipinski definition) is 1. The number of nitrogens with zero attached hydrogens (tertiary/aromatic N) is 2. The Morgan fingerprint density at radius 1 is 1.56 bits per heavy atom. The number of nitro groups is 1. The Labute approximate surface area is 113 Å². The molecule has 0 unspecified atom stereocenters. The number of halogens is 1. The molecule has 0 fully saturated rings. The minimum Gasteiger partial charge on any atom is -0.373 e. The van der Waals surface area contributed by atoms with Gasteiger partial charge in [-0.3, -0.25) is 10.1 Å². The van der Waals surface area contributed by atoms with Crippen molar-refractivity contribution in [3.8, 4) is 0 Å². The third-order valence-electron chi connectivity index (χ3n) is 2.30. The Balaban J connectivity index is 2.20. The molecule has 0 radical (unpaired) electrons. The summed E-state index contributed by atoms with van der Waals surface area (Å²) in [5, 5.41) is 17.0. The Morgan fingerprint density at radius 3 is 2.94 bits per heavy atom. The van der Waals surface area contributed by atoms with Crippen LogP contribution in [0.3, 0.4) is 0 Å². The summed E-state index contributed by atoms with van der Waals surface area (Å²) >= 11 is 7.50. The number of nitro benzene ring substituents is 1. The van der Waals surface area contributed by atoms with E-state index >= 15 is 0 Å². The van der Waals surface area contributed by atoms with Gasteiger partial charge in [0, 0.05) is 11.4 Å². The minimum atomic E-state index is -0.458. The van der Waals surface area contributed by atoms with E-state index in [0.717, 1.165) is 10.7 Å². The van der Waals surface area contributed by atoms with E-state index in [0.29, 0.717) is 17.3 Å². The molecule has 1 N–H and O–H groups in total. The third kappa shape index (κ3) is 2.77. The van der Waals surface area contributed by atoms with E-state index in [9.17, 15) is 10.1 Å². The van der Waals surface area contributed by atoms with Crippen molar-refractivity contribution >= 4 is 34.3 Å². The van der Waals surface area contributed by atoms with Gasteiger partial charge in [-0.05, 0) is 13.0 Å². The first-order valence-corrected chi connectivity index (χ1v) is 6.41. The normalized spacial score (nSPS) is 10.3. The first-order valence-electron chi connectivity index (χ1n) is 5.15. The topological polar surface area (TPSA) is 68.1 Å². The molecule has 1 aromatic heterocycles. The van der Waals surface area contributed by atoms with Crippen LogP contribution in [-0.2, 0) is 6.54 Å². The number of anilines is 1. The Bertz CT molecular complexity index is 585. The van der Waals surface area contributed by atoms with Gasteiger partial charge >= 0.3 is 0 Å². The van der Waals surface area contributed by atoms with Crippen molar-refractivity contribution in [1.82, 2.24) is 4.98 Å². The van der Waals surface area contributed by atoms with Gasteiger partial charge in [0.2, 0.25) is 0 Å². The molecule has 5 nitrogen and oxygen atoms in total. The lowest BCUT2D eigenvalue weighted by Crippen LogP contribution is -2.03. The smallest absolute Gasteiger partial charge is 0.293 e. The number of hydrogen-bond acceptors (Lipinski definition) is 5. The highest BCUT2D eigenvalue weighted by atomic mass is 35.5. The fourth-order valence-electron chi connectivity index (χ4n) is 1.51. The lowest BCUT2D eigenvalue weighted by molar-refractivity contribution is -0.383. The van der Waals surface area contributed by atoms with Crippen LogP contribution in [-0.4, -0.2) is 9.91 Å². The van der Waals surface area contributed by atoms with Crippen LogP contribution >= 0.6 is 22.9 Å². The zero-order valence-electron chi connectivity index (χ0n) is 9.51. The number of rotatable bonds is 4. The first kappa shape index (κ1) is 12.8. The summed E-state index contributed by atoms with van der Waals surface area (Å²) in [6.45, 7) is 2.32. The molecule has 0 spiro atoms. The number of para-hydroxylation sites is 1. The molecule has 0 amide bonds. The van der Waals surface area contributed by atoms with Gasteiger partial charge in [0.25, 0.3) is 5.69 Å². The second kappa shape index (κ2) is 5.32. The summed E-state index contributed by atoms with van der Waals surface area (Å²) in [6, 6.07) is 4.59. The van der Waals surface area contributed by atoms with Gasteiger partial charge in [-0.15, -0.1) is 11.3 Å². The summed E-state index contributed by atoms with van der Waals surface area (Å²) in [6.07, 6.45) is 0. The highest BCUT2D eigenvalue weighted by Crippen LogP contribution is 2.32. The van der Waals surface area contributed by atoms with E-state index < -0.39 is 4.92 Å². The standard InChI is InChI=1S/C11H10ClN3O2S/c1-7-14-8(6-18-7)5-13-11-9(12)3-2-4-10(11)15(16)17/h2-4,6,13H,5H2,1H3. The minimum absolute atomic E-state index is 0.0329. The average Bonchev–Trinajstić information content (AvgIpc) is 2.73. The maximum Gasteiger partial charge on any atom is 0.293 e. The quantitative estimate of drug-likeness (QED) is 0.687. The predicted molar refractivity (Wildman–Crippen MR) is 72.3 cm³/mol. The van der Waals surface area contributed by atoms with Crippen LogP contribution in [0.15, 0.2) is 23.6 Å². The summed E-state index contributed by atoms with van der Waals surface area (Å²) in [5.41, 5.74) is 1.14. The van der Waals surface area contributed by atoms with Gasteiger partial charge in [-0.2, -0.15) is 0 Å². The van der Waals surface area contributed by atoms with Crippen molar-refractivity contribution in [2.45, 2.75) is 13.5 Å². The van der Waals surface area contributed by atoms with Crippen LogP contribution in [0, 0.1) is 17.0 Å². The fourth-order valence-corrected chi connectivity index (χ4v) is 2.36. The zero-order chi connectivity index (χ0) is 13.1. The Morgan fingerprint density at radius 2 is 2.33 bits per heavy atom. The van der Waals surface area contributed by atoms with Crippen molar-refractivity contribution in [2.75, 3.05) is 5.32 Å². The largest absolute Gasteiger partial charge is 0.373 e. The van der Waals surface area contributed by atoms with E-state index in [2.05, 4.69) is 10.3 Å². The van der Waals surface area contributed by atoms with E-state index in [1.54, 1.807) is 12.1 Å². The number of benzene rings is 1. The number of nitrogens with one attached hydrogen (secondary N) is 1. The van der Waals surface area contributed by atoms with Crippen molar-refractivity contribution in [3.63, 3.8) is 0 Å². The lowest BCUT2D eigenvalue weighted by atomic mass is 10.2. The molecule has 0 aliphatic rings. The average molecular weight is 284 g/mol. The highest BCUT2D eigenvalue weighted by Gasteiger charge is 2.16. The van der Waals surface area contributed by atoms with Gasteiger partial charge < -0.3 is 5.32 Å². The third-order valence-corrected chi connectivity index (χ3v) is 3.44. The molecule has 0 atom stereocenters. The van der Waals surface area contributed by atoms with Crippen molar-refractivity contribution in [1.29, 1.82) is 0 Å². The van der Waals surface area contributed by atoms with Crippen LogP contribution in [0.4, 0.5) is 11.4 Å². The molecule has 1 heterocycles. The number of aromatic nitrogens is 1. The highest BCUT2D eigenvalue weighted by molar-refractivity contribution is 7.09. The molecule has 1 aromatic carbocycles. The monoisotopic (exact) mass is 283 g/mol. The van der Waals surface area contributed by atoms with Crippen LogP contribution in [0.2, 0.25) is 5.02 Å². The Hall–Kier alpha value is -1.66. The van der Waals surface area contributed by atoms with Gasteiger partial charge in [-0.1, -0.05) is 17.7 Å². The van der Waals surface area contributed by atoms with Crippen LogP contribution in [0.1, 0.15) is 10.7 Å². The van der Waals surface area contributed by atoms with Crippen LogP contribution in [0.5, 0.6) is 0 Å². The van der Waals surface area contributed by atoms with Crippen molar-refractivity contribution in [3.05, 3.63) is 49.4 Å². The number of thiazole rings is 1. The lowest BCUT2D eigenvalue weighted by Gasteiger charge is -2.07. The molecular formula is C11H10ClN3O2S. The second-order valence-electron chi connectivity index (χ2n) is 3.60. The molecule has 0 saturated carbocycles. The predicted octanol–water partition coefficient (Wildman–Crippen LogP) is 3.63. The van der Waals surface area contributed by atoms with E-state index in [-0.39, 0.29) is 5.69 Å². The molecule has 0 aliphatic carbocycles.